The quantitative estimate of drug-likeness (QED) is 0.381. The van der Waals surface area contributed by atoms with Crippen LogP contribution in [0.25, 0.3) is 0 Å². The molecule has 0 N–H and O–H groups in total. The van der Waals surface area contributed by atoms with E-state index >= 15 is 0 Å². The van der Waals surface area contributed by atoms with Crippen LogP contribution in [0.15, 0.2) is 0 Å². The fourth-order valence-electron chi connectivity index (χ4n) is 2.64. The molecule has 2 fully saturated rings. The van der Waals surface area contributed by atoms with Crippen molar-refractivity contribution >= 4 is 58.5 Å². The SMILES string of the molecule is S=C([S-])OC1CCCCC1.S=C([S-])OC1CCCCC1.[Ni+2]. The third kappa shape index (κ3) is 11.9. The van der Waals surface area contributed by atoms with Crippen LogP contribution in [0.4, 0.5) is 0 Å². The van der Waals surface area contributed by atoms with Crippen LogP contribution >= 0.6 is 24.4 Å². The van der Waals surface area contributed by atoms with Crippen LogP contribution in [0.1, 0.15) is 64.2 Å². The van der Waals surface area contributed by atoms with Crippen molar-refractivity contribution in [2.75, 3.05) is 0 Å². The van der Waals surface area contributed by atoms with Gasteiger partial charge >= 0.3 is 16.5 Å². The van der Waals surface area contributed by atoms with Crippen LogP contribution in [0.2, 0.25) is 0 Å². The second-order valence-electron chi connectivity index (χ2n) is 5.26. The van der Waals surface area contributed by atoms with Crippen molar-refractivity contribution in [2.24, 2.45) is 0 Å². The Bertz CT molecular complexity index is 273. The topological polar surface area (TPSA) is 18.5 Å². The average molecular weight is 409 g/mol. The van der Waals surface area contributed by atoms with Gasteiger partial charge in [0.25, 0.3) is 0 Å². The zero-order valence-corrected chi connectivity index (χ0v) is 16.2. The van der Waals surface area contributed by atoms with E-state index in [1.165, 1.54) is 38.5 Å². The van der Waals surface area contributed by atoms with Gasteiger partial charge in [-0.25, -0.2) is 0 Å². The fourth-order valence-corrected chi connectivity index (χ4v) is 3.18. The van der Waals surface area contributed by atoms with Gasteiger partial charge in [-0.05, 0) is 51.4 Å². The Balaban J connectivity index is 0.000000364. The maximum Gasteiger partial charge on any atom is 2.00 e. The second kappa shape index (κ2) is 13.2. The van der Waals surface area contributed by atoms with Gasteiger partial charge in [-0.1, -0.05) is 12.8 Å². The zero-order valence-electron chi connectivity index (χ0n) is 12.0. The van der Waals surface area contributed by atoms with Crippen molar-refractivity contribution in [1.82, 2.24) is 0 Å². The summed E-state index contributed by atoms with van der Waals surface area (Å²) >= 11 is 18.7. The van der Waals surface area contributed by atoms with Crippen molar-refractivity contribution in [3.63, 3.8) is 0 Å². The van der Waals surface area contributed by atoms with Crippen LogP contribution in [0.3, 0.4) is 0 Å². The number of rotatable bonds is 2. The number of ether oxygens (including phenoxy) is 2. The molecular weight excluding hydrogens is 387 g/mol. The van der Waals surface area contributed by atoms with Crippen molar-refractivity contribution < 1.29 is 26.0 Å². The molecule has 0 amide bonds. The van der Waals surface area contributed by atoms with Crippen LogP contribution in [-0.4, -0.2) is 21.0 Å². The Morgan fingerprint density at radius 1 is 0.667 bits per heavy atom. The molecule has 0 aromatic rings. The van der Waals surface area contributed by atoms with Gasteiger partial charge < -0.3 is 59.2 Å². The Labute approximate surface area is 160 Å². The summed E-state index contributed by atoms with van der Waals surface area (Å²) in [5.41, 5.74) is 0. The Kier molecular flexibility index (Phi) is 13.6. The first-order valence-corrected chi connectivity index (χ1v) is 8.96. The van der Waals surface area contributed by atoms with E-state index in [0.717, 1.165) is 25.7 Å². The minimum Gasteiger partial charge on any atom is -0.510 e. The molecular formula is C14H22NiO2S4. The molecule has 7 heteroatoms. The van der Waals surface area contributed by atoms with E-state index in [4.69, 9.17) is 9.47 Å². The first-order valence-electron chi connectivity index (χ1n) is 7.33. The van der Waals surface area contributed by atoms with E-state index in [9.17, 15) is 0 Å². The van der Waals surface area contributed by atoms with E-state index < -0.39 is 0 Å². The monoisotopic (exact) mass is 408 g/mol. The zero-order chi connectivity index (χ0) is 14.8. The van der Waals surface area contributed by atoms with Gasteiger partial charge in [-0.3, -0.25) is 0 Å². The van der Waals surface area contributed by atoms with Gasteiger partial charge in [0, 0.05) is 8.77 Å². The Hall–Kier alpha value is 0.714. The molecule has 0 bridgehead atoms. The smallest absolute Gasteiger partial charge is 0.510 e. The van der Waals surface area contributed by atoms with Crippen molar-refractivity contribution in [1.29, 1.82) is 0 Å². The standard InChI is InChI=1S/2C7H12OS2.Ni/c2*9-7(10)8-6-4-2-1-3-5-6;/h2*6H,1-5H2,(H,9,10);/q;;+2/p-2. The summed E-state index contributed by atoms with van der Waals surface area (Å²) in [6.07, 6.45) is 12.9. The van der Waals surface area contributed by atoms with E-state index in [0.29, 0.717) is 12.2 Å². The predicted octanol–water partition coefficient (Wildman–Crippen LogP) is 4.33. The molecule has 0 heterocycles. The number of hydrogen-bond donors (Lipinski definition) is 0. The summed E-state index contributed by atoms with van der Waals surface area (Å²) < 4.78 is 11.0. The fraction of sp³-hybridized carbons (Fsp3) is 0.857. The minimum absolute atomic E-state index is 0. The van der Waals surface area contributed by atoms with Gasteiger partial charge in [0.15, 0.2) is 0 Å². The first kappa shape index (κ1) is 21.7. The molecule has 0 saturated heterocycles. The molecule has 0 aromatic carbocycles. The largest absolute Gasteiger partial charge is 2.00 e. The Morgan fingerprint density at radius 3 is 1.19 bits per heavy atom. The normalized spacial score (nSPS) is 19.4. The third-order valence-corrected chi connectivity index (χ3v) is 4.02. The van der Waals surface area contributed by atoms with Gasteiger partial charge in [-0.2, -0.15) is 0 Å². The molecule has 124 valence electrons. The summed E-state index contributed by atoms with van der Waals surface area (Å²) in [5.74, 6) is 0. The van der Waals surface area contributed by atoms with Crippen LogP contribution in [-0.2, 0) is 51.2 Å². The summed E-state index contributed by atoms with van der Waals surface area (Å²) in [5, 5.41) is 0. The molecule has 0 spiro atoms. The summed E-state index contributed by atoms with van der Waals surface area (Å²) in [6.45, 7) is 0. The van der Waals surface area contributed by atoms with Crippen molar-refractivity contribution in [2.45, 2.75) is 76.4 Å². The molecule has 2 aliphatic rings. The third-order valence-electron chi connectivity index (χ3n) is 3.63. The molecule has 2 rings (SSSR count). The molecule has 0 aliphatic heterocycles. The van der Waals surface area contributed by atoms with Crippen LogP contribution in [0, 0.1) is 0 Å². The second-order valence-corrected chi connectivity index (χ2v) is 7.26. The van der Waals surface area contributed by atoms with Gasteiger partial charge in [0.2, 0.25) is 0 Å². The summed E-state index contributed by atoms with van der Waals surface area (Å²) in [6, 6.07) is 0. The van der Waals surface area contributed by atoms with E-state index in [2.05, 4.69) is 49.7 Å². The van der Waals surface area contributed by atoms with Crippen LogP contribution < -0.4 is 0 Å². The first-order chi connectivity index (χ1) is 9.58. The predicted molar refractivity (Wildman–Crippen MR) is 95.8 cm³/mol. The average Bonchev–Trinajstić information content (AvgIpc) is 2.40. The molecule has 21 heavy (non-hydrogen) atoms. The molecule has 2 aliphatic carbocycles. The number of hydrogen-bond acceptors (Lipinski definition) is 6. The molecule has 0 radical (unpaired) electrons. The van der Waals surface area contributed by atoms with E-state index in [1.807, 2.05) is 0 Å². The minimum atomic E-state index is 0. The molecule has 0 unspecified atom stereocenters. The molecule has 2 saturated carbocycles. The van der Waals surface area contributed by atoms with Gasteiger partial charge in [0.05, 0.1) is 12.2 Å². The maximum absolute atomic E-state index is 5.24. The van der Waals surface area contributed by atoms with Crippen molar-refractivity contribution in [3.05, 3.63) is 0 Å². The van der Waals surface area contributed by atoms with E-state index in [1.54, 1.807) is 0 Å². The number of thiocarbonyl (C=S) groups is 2. The summed E-state index contributed by atoms with van der Waals surface area (Å²) in [4.78, 5) is 0. The van der Waals surface area contributed by atoms with Gasteiger partial charge in [0.1, 0.15) is 0 Å². The molecule has 0 atom stereocenters. The van der Waals surface area contributed by atoms with Gasteiger partial charge in [-0.15, -0.1) is 0 Å². The Morgan fingerprint density at radius 2 is 0.952 bits per heavy atom. The van der Waals surface area contributed by atoms with Crippen molar-refractivity contribution in [3.8, 4) is 0 Å². The maximum atomic E-state index is 5.24. The molecule has 0 aromatic heterocycles. The van der Waals surface area contributed by atoms with E-state index in [-0.39, 0.29) is 25.3 Å². The van der Waals surface area contributed by atoms with Crippen LogP contribution in [0.5, 0.6) is 0 Å². The molecule has 2 nitrogen and oxygen atoms in total. The summed E-state index contributed by atoms with van der Waals surface area (Å²) in [7, 11) is 0.